The lowest BCUT2D eigenvalue weighted by Gasteiger charge is -2.24. The fourth-order valence-electron chi connectivity index (χ4n) is 2.99. The second-order valence-electron chi connectivity index (χ2n) is 6.31. The van der Waals surface area contributed by atoms with Crippen molar-refractivity contribution < 1.29 is 8.42 Å². The van der Waals surface area contributed by atoms with Gasteiger partial charge in [0.2, 0.25) is 10.0 Å². The van der Waals surface area contributed by atoms with Gasteiger partial charge in [-0.15, -0.1) is 0 Å². The fourth-order valence-corrected chi connectivity index (χ4v) is 4.53. The number of hydrogen-bond acceptors (Lipinski definition) is 5. The topological polar surface area (TPSA) is 97.0 Å². The molecule has 0 saturated heterocycles. The van der Waals surface area contributed by atoms with Crippen LogP contribution in [0.2, 0.25) is 0 Å². The van der Waals surface area contributed by atoms with Crippen molar-refractivity contribution >= 4 is 15.7 Å². The van der Waals surface area contributed by atoms with E-state index >= 15 is 0 Å². The summed E-state index contributed by atoms with van der Waals surface area (Å²) in [5.41, 5.74) is 0.836. The van der Waals surface area contributed by atoms with Crippen molar-refractivity contribution in [2.45, 2.75) is 43.5 Å². The lowest BCUT2D eigenvalue weighted by molar-refractivity contribution is 0.552. The molecule has 1 aromatic rings. The van der Waals surface area contributed by atoms with Crippen LogP contribution >= 0.6 is 0 Å². The third-order valence-corrected chi connectivity index (χ3v) is 5.80. The van der Waals surface area contributed by atoms with Crippen LogP contribution in [0.25, 0.3) is 0 Å². The Kier molecular flexibility index (Phi) is 5.82. The Morgan fingerprint density at radius 3 is 2.58 bits per heavy atom. The molecule has 0 bridgehead atoms. The van der Waals surface area contributed by atoms with Crippen molar-refractivity contribution in [2.24, 2.45) is 5.92 Å². The number of hydrogen-bond donors (Lipinski definition) is 1. The van der Waals surface area contributed by atoms with E-state index < -0.39 is 10.0 Å². The molecule has 0 aromatic heterocycles. The van der Waals surface area contributed by atoms with Crippen LogP contribution in [-0.2, 0) is 10.0 Å². The van der Waals surface area contributed by atoms with E-state index in [9.17, 15) is 8.42 Å². The highest BCUT2D eigenvalue weighted by Crippen LogP contribution is 2.28. The molecule has 1 unspecified atom stereocenters. The summed E-state index contributed by atoms with van der Waals surface area (Å²) in [6, 6.07) is 8.69. The van der Waals surface area contributed by atoms with Gasteiger partial charge in [-0.3, -0.25) is 0 Å². The SMILES string of the molecule is CC(C#N)CN(C)c1cc(C#N)ccc1S(=O)(=O)NC1CCCC1. The van der Waals surface area contributed by atoms with Crippen molar-refractivity contribution in [1.29, 1.82) is 10.5 Å². The number of rotatable bonds is 6. The van der Waals surface area contributed by atoms with Crippen molar-refractivity contribution in [3.05, 3.63) is 23.8 Å². The maximum atomic E-state index is 12.8. The van der Waals surface area contributed by atoms with Gasteiger partial charge in [0, 0.05) is 19.6 Å². The Labute approximate surface area is 143 Å². The van der Waals surface area contributed by atoms with E-state index in [2.05, 4.69) is 10.8 Å². The molecule has 0 radical (unpaired) electrons. The molecule has 0 spiro atoms. The number of sulfonamides is 1. The Morgan fingerprint density at radius 2 is 2.00 bits per heavy atom. The molecule has 1 saturated carbocycles. The molecule has 1 fully saturated rings. The molecule has 1 aliphatic rings. The van der Waals surface area contributed by atoms with Crippen LogP contribution in [0.1, 0.15) is 38.2 Å². The zero-order valence-corrected chi connectivity index (χ0v) is 14.8. The molecule has 128 valence electrons. The third-order valence-electron chi connectivity index (χ3n) is 4.23. The summed E-state index contributed by atoms with van der Waals surface area (Å²) in [6.45, 7) is 2.16. The Bertz CT molecular complexity index is 771. The van der Waals surface area contributed by atoms with Crippen LogP contribution in [0.3, 0.4) is 0 Å². The van der Waals surface area contributed by atoms with Gasteiger partial charge in [-0.05, 0) is 38.0 Å². The largest absolute Gasteiger partial charge is 0.372 e. The summed E-state index contributed by atoms with van der Waals surface area (Å²) in [6.07, 6.45) is 3.78. The highest BCUT2D eigenvalue weighted by Gasteiger charge is 2.26. The molecular weight excluding hydrogens is 324 g/mol. The van der Waals surface area contributed by atoms with Gasteiger partial charge in [0.05, 0.1) is 29.3 Å². The first-order chi connectivity index (χ1) is 11.4. The molecular formula is C17H22N4O2S. The van der Waals surface area contributed by atoms with Crippen molar-refractivity contribution in [3.8, 4) is 12.1 Å². The minimum absolute atomic E-state index is 0.0261. The zero-order chi connectivity index (χ0) is 17.7. The van der Waals surface area contributed by atoms with Gasteiger partial charge >= 0.3 is 0 Å². The van der Waals surface area contributed by atoms with E-state index in [0.717, 1.165) is 25.7 Å². The van der Waals surface area contributed by atoms with E-state index in [4.69, 9.17) is 10.5 Å². The van der Waals surface area contributed by atoms with E-state index in [-0.39, 0.29) is 16.9 Å². The number of nitrogens with one attached hydrogen (secondary N) is 1. The number of nitrogens with zero attached hydrogens (tertiary/aromatic N) is 3. The molecule has 1 aromatic carbocycles. The molecule has 0 aliphatic heterocycles. The van der Waals surface area contributed by atoms with E-state index in [0.29, 0.717) is 17.8 Å². The molecule has 2 rings (SSSR count). The Morgan fingerprint density at radius 1 is 1.33 bits per heavy atom. The molecule has 0 heterocycles. The average molecular weight is 346 g/mol. The van der Waals surface area contributed by atoms with Crippen LogP contribution in [-0.4, -0.2) is 28.1 Å². The maximum Gasteiger partial charge on any atom is 0.242 e. The van der Waals surface area contributed by atoms with E-state index in [1.807, 2.05) is 6.07 Å². The van der Waals surface area contributed by atoms with Gasteiger partial charge in [0.25, 0.3) is 0 Å². The summed E-state index contributed by atoms with van der Waals surface area (Å²) < 4.78 is 28.3. The maximum absolute atomic E-state index is 12.8. The summed E-state index contributed by atoms with van der Waals surface area (Å²) in [5, 5.41) is 18.1. The highest BCUT2D eigenvalue weighted by molar-refractivity contribution is 7.89. The second-order valence-corrected chi connectivity index (χ2v) is 7.99. The van der Waals surface area contributed by atoms with Gasteiger partial charge in [-0.2, -0.15) is 10.5 Å². The molecule has 0 amide bonds. The van der Waals surface area contributed by atoms with Crippen LogP contribution in [0.4, 0.5) is 5.69 Å². The summed E-state index contributed by atoms with van der Waals surface area (Å²) in [7, 11) is -1.94. The first-order valence-corrected chi connectivity index (χ1v) is 9.53. The van der Waals surface area contributed by atoms with E-state index in [1.165, 1.54) is 12.1 Å². The van der Waals surface area contributed by atoms with Crippen molar-refractivity contribution in [1.82, 2.24) is 4.72 Å². The summed E-state index contributed by atoms with van der Waals surface area (Å²) >= 11 is 0. The normalized spacial score (nSPS) is 16.3. The fraction of sp³-hybridized carbons (Fsp3) is 0.529. The van der Waals surface area contributed by atoms with Gasteiger partial charge in [0.1, 0.15) is 4.90 Å². The van der Waals surface area contributed by atoms with Crippen LogP contribution in [0.15, 0.2) is 23.1 Å². The van der Waals surface area contributed by atoms with Crippen molar-refractivity contribution in [2.75, 3.05) is 18.5 Å². The monoisotopic (exact) mass is 346 g/mol. The Balaban J connectivity index is 2.37. The lowest BCUT2D eigenvalue weighted by Crippen LogP contribution is -2.34. The minimum atomic E-state index is -3.67. The quantitative estimate of drug-likeness (QED) is 0.853. The van der Waals surface area contributed by atoms with E-state index in [1.54, 1.807) is 24.9 Å². The predicted molar refractivity (Wildman–Crippen MR) is 91.8 cm³/mol. The lowest BCUT2D eigenvalue weighted by atomic mass is 10.1. The van der Waals surface area contributed by atoms with Crippen molar-refractivity contribution in [3.63, 3.8) is 0 Å². The summed E-state index contributed by atoms with van der Waals surface area (Å²) in [4.78, 5) is 1.87. The molecule has 1 N–H and O–H groups in total. The summed E-state index contributed by atoms with van der Waals surface area (Å²) in [5.74, 6) is -0.251. The highest BCUT2D eigenvalue weighted by atomic mass is 32.2. The average Bonchev–Trinajstić information content (AvgIpc) is 3.06. The standard InChI is InChI=1S/C17H22N4O2S/c1-13(10-18)12-21(2)16-9-14(11-19)7-8-17(16)24(22,23)20-15-5-3-4-6-15/h7-9,13,15,20H,3-6,12H2,1-2H3. The number of benzene rings is 1. The molecule has 7 heteroatoms. The Hall–Kier alpha value is -2.09. The predicted octanol–water partition coefficient (Wildman–Crippen LogP) is 2.38. The van der Waals surface area contributed by atoms with Gasteiger partial charge in [0.15, 0.2) is 0 Å². The van der Waals surface area contributed by atoms with Gasteiger partial charge in [-0.25, -0.2) is 13.1 Å². The second kappa shape index (κ2) is 7.65. The zero-order valence-electron chi connectivity index (χ0n) is 14.0. The third kappa shape index (κ3) is 4.25. The number of nitriles is 2. The number of anilines is 1. The minimum Gasteiger partial charge on any atom is -0.372 e. The smallest absolute Gasteiger partial charge is 0.242 e. The van der Waals surface area contributed by atoms with Gasteiger partial charge < -0.3 is 4.90 Å². The van der Waals surface area contributed by atoms with Crippen LogP contribution in [0, 0.1) is 28.6 Å². The molecule has 1 aliphatic carbocycles. The first kappa shape index (κ1) is 18.3. The molecule has 1 atom stereocenters. The van der Waals surface area contributed by atoms with Gasteiger partial charge in [-0.1, -0.05) is 12.8 Å². The van der Waals surface area contributed by atoms with Crippen LogP contribution in [0.5, 0.6) is 0 Å². The van der Waals surface area contributed by atoms with Crippen LogP contribution < -0.4 is 9.62 Å². The molecule has 24 heavy (non-hydrogen) atoms. The first-order valence-electron chi connectivity index (χ1n) is 8.04. The molecule has 6 nitrogen and oxygen atoms in total.